The van der Waals surface area contributed by atoms with Gasteiger partial charge in [0.25, 0.3) is 0 Å². The van der Waals surface area contributed by atoms with Crippen LogP contribution in [0.1, 0.15) is 41.1 Å². The van der Waals surface area contributed by atoms with Gasteiger partial charge in [0.05, 0.1) is 6.04 Å². The van der Waals surface area contributed by atoms with Crippen LogP contribution < -0.4 is 0 Å². The van der Waals surface area contributed by atoms with Gasteiger partial charge in [-0.2, -0.15) is 0 Å². The summed E-state index contributed by atoms with van der Waals surface area (Å²) in [6.07, 6.45) is 0.625. The highest BCUT2D eigenvalue weighted by atomic mass is 16.2. The lowest BCUT2D eigenvalue weighted by Crippen LogP contribution is -2.34. The van der Waals surface area contributed by atoms with Gasteiger partial charge in [0.1, 0.15) is 0 Å². The quantitative estimate of drug-likeness (QED) is 0.812. The number of benzene rings is 2. The number of amides is 2. The Hall–Kier alpha value is -2.42. The molecule has 3 heteroatoms. The van der Waals surface area contributed by atoms with E-state index >= 15 is 0 Å². The third-order valence-corrected chi connectivity index (χ3v) is 4.19. The maximum absolute atomic E-state index is 12.3. The van der Waals surface area contributed by atoms with Crippen molar-refractivity contribution in [2.75, 3.05) is 0 Å². The zero-order valence-electron chi connectivity index (χ0n) is 12.9. The van der Waals surface area contributed by atoms with Crippen molar-refractivity contribution in [1.82, 2.24) is 4.90 Å². The van der Waals surface area contributed by atoms with Crippen molar-refractivity contribution < 1.29 is 9.59 Å². The molecule has 2 amide bonds. The zero-order chi connectivity index (χ0) is 15.7. The van der Waals surface area contributed by atoms with Gasteiger partial charge in [-0.25, -0.2) is 0 Å². The minimum atomic E-state index is -0.330. The van der Waals surface area contributed by atoms with Gasteiger partial charge in [-0.3, -0.25) is 14.5 Å². The SMILES string of the molecule is Cc1ccc(C)c(C(c2ccccc2)N2C(=O)CCC2=O)c1. The molecule has 22 heavy (non-hydrogen) atoms. The fourth-order valence-electron chi connectivity index (χ4n) is 3.04. The maximum Gasteiger partial charge on any atom is 0.230 e. The van der Waals surface area contributed by atoms with Crippen molar-refractivity contribution in [3.63, 3.8) is 0 Å². The van der Waals surface area contributed by atoms with Crippen LogP contribution in [0.2, 0.25) is 0 Å². The average Bonchev–Trinajstić information content (AvgIpc) is 2.84. The van der Waals surface area contributed by atoms with Crippen LogP contribution in [0.3, 0.4) is 0 Å². The van der Waals surface area contributed by atoms with Crippen molar-refractivity contribution in [2.45, 2.75) is 32.7 Å². The second-order valence-corrected chi connectivity index (χ2v) is 5.83. The van der Waals surface area contributed by atoms with Gasteiger partial charge in [0, 0.05) is 12.8 Å². The molecule has 1 unspecified atom stereocenters. The van der Waals surface area contributed by atoms with Gasteiger partial charge in [0.15, 0.2) is 0 Å². The summed E-state index contributed by atoms with van der Waals surface area (Å²) in [4.78, 5) is 26.0. The van der Waals surface area contributed by atoms with Crippen LogP contribution in [0.25, 0.3) is 0 Å². The molecule has 112 valence electrons. The van der Waals surface area contributed by atoms with E-state index in [0.717, 1.165) is 22.3 Å². The first-order chi connectivity index (χ1) is 10.6. The predicted molar refractivity (Wildman–Crippen MR) is 85.3 cm³/mol. The molecule has 2 aromatic carbocycles. The van der Waals surface area contributed by atoms with E-state index in [9.17, 15) is 9.59 Å². The topological polar surface area (TPSA) is 37.4 Å². The minimum absolute atomic E-state index is 0.0836. The Morgan fingerprint density at radius 2 is 1.55 bits per heavy atom. The van der Waals surface area contributed by atoms with Crippen LogP contribution in [-0.2, 0) is 9.59 Å². The molecule has 0 radical (unpaired) electrons. The molecule has 1 aliphatic heterocycles. The number of nitrogens with zero attached hydrogens (tertiary/aromatic N) is 1. The van der Waals surface area contributed by atoms with E-state index in [1.54, 1.807) is 0 Å². The second kappa shape index (κ2) is 5.76. The molecule has 0 N–H and O–H groups in total. The summed E-state index contributed by atoms with van der Waals surface area (Å²) in [6, 6.07) is 15.6. The summed E-state index contributed by atoms with van der Waals surface area (Å²) >= 11 is 0. The molecule has 1 saturated heterocycles. The lowest BCUT2D eigenvalue weighted by atomic mass is 9.92. The fourth-order valence-corrected chi connectivity index (χ4v) is 3.04. The number of hydrogen-bond acceptors (Lipinski definition) is 2. The number of rotatable bonds is 3. The Morgan fingerprint density at radius 3 is 2.18 bits per heavy atom. The van der Waals surface area contributed by atoms with Gasteiger partial charge in [0.2, 0.25) is 11.8 Å². The molecule has 0 aliphatic carbocycles. The van der Waals surface area contributed by atoms with Gasteiger partial charge in [-0.05, 0) is 30.5 Å². The summed E-state index contributed by atoms with van der Waals surface area (Å²) in [5.41, 5.74) is 4.21. The minimum Gasteiger partial charge on any atom is -0.274 e. The van der Waals surface area contributed by atoms with E-state index in [0.29, 0.717) is 12.8 Å². The summed E-state index contributed by atoms with van der Waals surface area (Å²) in [7, 11) is 0. The number of hydrogen-bond donors (Lipinski definition) is 0. The Balaban J connectivity index is 2.17. The molecule has 0 bridgehead atoms. The van der Waals surface area contributed by atoms with Crippen molar-refractivity contribution in [1.29, 1.82) is 0 Å². The second-order valence-electron chi connectivity index (χ2n) is 5.83. The summed E-state index contributed by atoms with van der Waals surface area (Å²) in [5, 5.41) is 0. The highest BCUT2D eigenvalue weighted by Gasteiger charge is 2.37. The molecule has 1 fully saturated rings. The molecular formula is C19H19NO2. The zero-order valence-corrected chi connectivity index (χ0v) is 12.9. The molecule has 1 atom stereocenters. The van der Waals surface area contributed by atoms with Gasteiger partial charge < -0.3 is 0 Å². The summed E-state index contributed by atoms with van der Waals surface area (Å²) in [5.74, 6) is -0.167. The lowest BCUT2D eigenvalue weighted by Gasteiger charge is -2.28. The molecule has 3 rings (SSSR count). The normalized spacial score (nSPS) is 16.2. The van der Waals surface area contributed by atoms with Gasteiger partial charge >= 0.3 is 0 Å². The van der Waals surface area contributed by atoms with E-state index in [2.05, 4.69) is 12.1 Å². The molecule has 0 aromatic heterocycles. The third kappa shape index (κ3) is 2.54. The van der Waals surface area contributed by atoms with Crippen LogP contribution in [0.4, 0.5) is 0 Å². The van der Waals surface area contributed by atoms with E-state index < -0.39 is 0 Å². The fraction of sp³-hybridized carbons (Fsp3) is 0.263. The number of imide groups is 1. The third-order valence-electron chi connectivity index (χ3n) is 4.19. The molecule has 0 saturated carbocycles. The number of aryl methyl sites for hydroxylation is 2. The largest absolute Gasteiger partial charge is 0.274 e. The lowest BCUT2D eigenvalue weighted by molar-refractivity contribution is -0.140. The van der Waals surface area contributed by atoms with Crippen molar-refractivity contribution >= 4 is 11.8 Å². The smallest absolute Gasteiger partial charge is 0.230 e. The van der Waals surface area contributed by atoms with Crippen molar-refractivity contribution in [2.24, 2.45) is 0 Å². The first-order valence-corrected chi connectivity index (χ1v) is 7.55. The van der Waals surface area contributed by atoms with Crippen LogP contribution in [-0.4, -0.2) is 16.7 Å². The van der Waals surface area contributed by atoms with E-state index in [-0.39, 0.29) is 17.9 Å². The first-order valence-electron chi connectivity index (χ1n) is 7.55. The Labute approximate surface area is 130 Å². The Morgan fingerprint density at radius 1 is 0.909 bits per heavy atom. The number of carbonyl (C=O) groups excluding carboxylic acids is 2. The Kier molecular flexibility index (Phi) is 3.80. The molecule has 3 nitrogen and oxygen atoms in total. The van der Waals surface area contributed by atoms with Crippen molar-refractivity contribution in [3.05, 3.63) is 70.8 Å². The van der Waals surface area contributed by atoms with E-state index in [1.807, 2.05) is 50.2 Å². The monoisotopic (exact) mass is 293 g/mol. The van der Waals surface area contributed by atoms with Crippen LogP contribution in [0.5, 0.6) is 0 Å². The summed E-state index contributed by atoms with van der Waals surface area (Å²) < 4.78 is 0. The van der Waals surface area contributed by atoms with Gasteiger partial charge in [-0.15, -0.1) is 0 Å². The molecule has 0 spiro atoms. The summed E-state index contributed by atoms with van der Waals surface area (Å²) in [6.45, 7) is 4.05. The van der Waals surface area contributed by atoms with Crippen LogP contribution in [0, 0.1) is 13.8 Å². The molecule has 2 aromatic rings. The van der Waals surface area contributed by atoms with Crippen LogP contribution >= 0.6 is 0 Å². The van der Waals surface area contributed by atoms with Crippen LogP contribution in [0.15, 0.2) is 48.5 Å². The Bertz CT molecular complexity index is 705. The first kappa shape index (κ1) is 14.5. The van der Waals surface area contributed by atoms with Gasteiger partial charge in [-0.1, -0.05) is 54.1 Å². The highest BCUT2D eigenvalue weighted by molar-refractivity contribution is 6.02. The molecule has 1 aliphatic rings. The number of carbonyl (C=O) groups is 2. The number of likely N-dealkylation sites (tertiary alicyclic amines) is 1. The van der Waals surface area contributed by atoms with Crippen molar-refractivity contribution in [3.8, 4) is 0 Å². The van der Waals surface area contributed by atoms with E-state index in [4.69, 9.17) is 0 Å². The predicted octanol–water partition coefficient (Wildman–Crippen LogP) is 3.54. The average molecular weight is 293 g/mol. The standard InChI is InChI=1S/C19H19NO2/c1-13-8-9-14(2)16(12-13)19(15-6-4-3-5-7-15)20-17(21)10-11-18(20)22/h3-9,12,19H,10-11H2,1-2H3. The highest BCUT2D eigenvalue weighted by Crippen LogP contribution is 2.34. The molecular weight excluding hydrogens is 274 g/mol. The van der Waals surface area contributed by atoms with E-state index in [1.165, 1.54) is 4.90 Å². The molecule has 1 heterocycles. The maximum atomic E-state index is 12.3.